The van der Waals surface area contributed by atoms with Gasteiger partial charge in [-0.25, -0.2) is 0 Å². The second-order valence-electron chi connectivity index (χ2n) is 19.3. The van der Waals surface area contributed by atoms with Crippen LogP contribution in [0.15, 0.2) is 12.2 Å². The van der Waals surface area contributed by atoms with Crippen molar-refractivity contribution in [1.29, 1.82) is 0 Å². The van der Waals surface area contributed by atoms with Gasteiger partial charge in [0, 0.05) is 6.42 Å². The summed E-state index contributed by atoms with van der Waals surface area (Å²) >= 11 is 0. The molecule has 6 heteroatoms. The summed E-state index contributed by atoms with van der Waals surface area (Å²) in [5, 5.41) is 23.8. The molecule has 0 aliphatic carbocycles. The maximum atomic E-state index is 13.2. The number of esters is 1. The molecular weight excluding hydrogens is 767 g/mol. The number of ether oxygens (including phenoxy) is 1. The van der Waals surface area contributed by atoms with E-state index in [4.69, 9.17) is 4.74 Å². The van der Waals surface area contributed by atoms with Crippen LogP contribution in [0.4, 0.5) is 0 Å². The van der Waals surface area contributed by atoms with E-state index in [0.29, 0.717) is 19.3 Å². The first kappa shape index (κ1) is 60.6. The van der Waals surface area contributed by atoms with Crippen molar-refractivity contribution in [3.8, 4) is 0 Å². The fourth-order valence-electron chi connectivity index (χ4n) is 8.84. The third-order valence-corrected chi connectivity index (χ3v) is 13.1. The molecule has 3 N–H and O–H groups in total. The Kier molecular flexibility index (Phi) is 49.5. The fourth-order valence-corrected chi connectivity index (χ4v) is 8.84. The van der Waals surface area contributed by atoms with E-state index in [9.17, 15) is 19.8 Å². The SMILES string of the molecule is CCCCCCCC/C=C/CCCCCCCCCC(=O)OC(CCCCCCCCCCCCC)CC(=O)NC(CO)C(O)CCCCCCCCCCCCCCCCC. The van der Waals surface area contributed by atoms with Gasteiger partial charge in [0.2, 0.25) is 5.91 Å². The van der Waals surface area contributed by atoms with Gasteiger partial charge >= 0.3 is 5.97 Å². The highest BCUT2D eigenvalue weighted by Crippen LogP contribution is 2.19. The van der Waals surface area contributed by atoms with Gasteiger partial charge in [-0.15, -0.1) is 0 Å². The first-order valence-corrected chi connectivity index (χ1v) is 27.9. The minimum Gasteiger partial charge on any atom is -0.462 e. The quantitative estimate of drug-likeness (QED) is 0.0321. The smallest absolute Gasteiger partial charge is 0.306 e. The molecule has 0 saturated carbocycles. The maximum absolute atomic E-state index is 13.2. The summed E-state index contributed by atoms with van der Waals surface area (Å²) in [5.41, 5.74) is 0. The van der Waals surface area contributed by atoms with Gasteiger partial charge in [-0.1, -0.05) is 258 Å². The number of hydrogen-bond acceptors (Lipinski definition) is 5. The molecule has 6 nitrogen and oxygen atoms in total. The maximum Gasteiger partial charge on any atom is 0.306 e. The number of nitrogens with one attached hydrogen (secondary N) is 1. The Balaban J connectivity index is 4.45. The third-order valence-electron chi connectivity index (χ3n) is 13.1. The van der Waals surface area contributed by atoms with Crippen LogP contribution in [0.2, 0.25) is 0 Å². The van der Waals surface area contributed by atoms with Crippen LogP contribution >= 0.6 is 0 Å². The van der Waals surface area contributed by atoms with Crippen molar-refractivity contribution >= 4 is 11.9 Å². The standard InChI is InChI=1S/C56H109NO5/c1-4-7-10-13-16-19-22-24-26-27-29-31-34-37-40-43-46-49-56(61)62-52(47-44-41-38-35-32-21-18-15-12-9-6-3)50-55(60)57-53(51-58)54(59)48-45-42-39-36-33-30-28-25-23-20-17-14-11-8-5-2/h24,26,52-54,58-59H,4-23,25,27-51H2,1-3H3,(H,57,60)/b26-24+. The molecule has 0 spiro atoms. The fraction of sp³-hybridized carbons (Fsp3) is 0.929. The number of carbonyl (C=O) groups excluding carboxylic acids is 2. The Labute approximate surface area is 387 Å². The van der Waals surface area contributed by atoms with E-state index in [-0.39, 0.29) is 24.9 Å². The highest BCUT2D eigenvalue weighted by molar-refractivity contribution is 5.77. The van der Waals surface area contributed by atoms with Gasteiger partial charge in [0.1, 0.15) is 6.10 Å². The van der Waals surface area contributed by atoms with Crippen LogP contribution in [-0.4, -0.2) is 46.9 Å². The molecule has 0 fully saturated rings. The van der Waals surface area contributed by atoms with Crippen LogP contribution in [0, 0.1) is 0 Å². The van der Waals surface area contributed by atoms with Crippen LogP contribution in [0.25, 0.3) is 0 Å². The largest absolute Gasteiger partial charge is 0.462 e. The summed E-state index contributed by atoms with van der Waals surface area (Å²) < 4.78 is 5.95. The number of hydrogen-bond donors (Lipinski definition) is 3. The Hall–Kier alpha value is -1.40. The molecule has 0 radical (unpaired) electrons. The first-order valence-electron chi connectivity index (χ1n) is 27.9. The van der Waals surface area contributed by atoms with Crippen LogP contribution in [0.5, 0.6) is 0 Å². The van der Waals surface area contributed by atoms with Crippen molar-refractivity contribution in [1.82, 2.24) is 5.32 Å². The zero-order valence-corrected chi connectivity index (χ0v) is 42.0. The average molecular weight is 876 g/mol. The molecule has 1 amide bonds. The molecule has 0 rings (SSSR count). The molecule has 62 heavy (non-hydrogen) atoms. The Morgan fingerprint density at radius 1 is 0.452 bits per heavy atom. The lowest BCUT2D eigenvalue weighted by Gasteiger charge is -2.24. The Morgan fingerprint density at radius 3 is 1.15 bits per heavy atom. The average Bonchev–Trinajstić information content (AvgIpc) is 3.26. The van der Waals surface area contributed by atoms with Gasteiger partial charge in [-0.2, -0.15) is 0 Å². The summed E-state index contributed by atoms with van der Waals surface area (Å²) in [4.78, 5) is 26.2. The van der Waals surface area contributed by atoms with Crippen molar-refractivity contribution in [2.24, 2.45) is 0 Å². The summed E-state index contributed by atoms with van der Waals surface area (Å²) in [6.07, 6.45) is 57.0. The first-order chi connectivity index (χ1) is 30.5. The van der Waals surface area contributed by atoms with Gasteiger partial charge in [0.15, 0.2) is 0 Å². The van der Waals surface area contributed by atoms with Crippen molar-refractivity contribution in [2.45, 2.75) is 328 Å². The lowest BCUT2D eigenvalue weighted by molar-refractivity contribution is -0.151. The molecule has 0 heterocycles. The van der Waals surface area contributed by atoms with Crippen molar-refractivity contribution in [3.63, 3.8) is 0 Å². The molecule has 0 saturated heterocycles. The third kappa shape index (κ3) is 45.2. The topological polar surface area (TPSA) is 95.9 Å². The monoisotopic (exact) mass is 876 g/mol. The van der Waals surface area contributed by atoms with Crippen molar-refractivity contribution < 1.29 is 24.5 Å². The number of aliphatic hydroxyl groups is 2. The highest BCUT2D eigenvalue weighted by Gasteiger charge is 2.24. The number of allylic oxidation sites excluding steroid dienone is 2. The van der Waals surface area contributed by atoms with Crippen LogP contribution in [0.1, 0.15) is 310 Å². The second kappa shape index (κ2) is 50.6. The van der Waals surface area contributed by atoms with Gasteiger partial charge in [0.05, 0.1) is 25.2 Å². The van der Waals surface area contributed by atoms with Gasteiger partial charge in [-0.05, 0) is 51.4 Å². The lowest BCUT2D eigenvalue weighted by Crippen LogP contribution is -2.46. The van der Waals surface area contributed by atoms with Crippen molar-refractivity contribution in [3.05, 3.63) is 12.2 Å². The predicted molar refractivity (Wildman–Crippen MR) is 269 cm³/mol. The molecule has 0 bridgehead atoms. The van der Waals surface area contributed by atoms with E-state index in [1.807, 2.05) is 0 Å². The molecule has 0 aliphatic rings. The molecule has 3 unspecified atom stereocenters. The van der Waals surface area contributed by atoms with E-state index in [0.717, 1.165) is 44.9 Å². The van der Waals surface area contributed by atoms with Crippen molar-refractivity contribution in [2.75, 3.05) is 6.61 Å². The highest BCUT2D eigenvalue weighted by atomic mass is 16.5. The molecule has 0 aromatic heterocycles. The van der Waals surface area contributed by atoms with E-state index in [1.54, 1.807) is 0 Å². The molecule has 0 aromatic rings. The zero-order valence-electron chi connectivity index (χ0n) is 42.0. The summed E-state index contributed by atoms with van der Waals surface area (Å²) in [5.74, 6) is -0.459. The minimum atomic E-state index is -0.782. The molecule has 3 atom stereocenters. The van der Waals surface area contributed by atoms with E-state index >= 15 is 0 Å². The summed E-state index contributed by atoms with van der Waals surface area (Å²) in [6, 6.07) is -0.696. The molecule has 0 aromatic carbocycles. The Bertz CT molecular complexity index is 939. The van der Waals surface area contributed by atoms with Gasteiger partial charge in [-0.3, -0.25) is 9.59 Å². The number of amides is 1. The normalized spacial score (nSPS) is 13.2. The number of aliphatic hydroxyl groups excluding tert-OH is 2. The lowest BCUT2D eigenvalue weighted by atomic mass is 10.0. The van der Waals surface area contributed by atoms with Gasteiger partial charge < -0.3 is 20.3 Å². The van der Waals surface area contributed by atoms with Crippen LogP contribution in [0.3, 0.4) is 0 Å². The molecule has 368 valence electrons. The zero-order chi connectivity index (χ0) is 45.2. The van der Waals surface area contributed by atoms with E-state index in [1.165, 1.54) is 218 Å². The summed E-state index contributed by atoms with van der Waals surface area (Å²) in [7, 11) is 0. The van der Waals surface area contributed by atoms with Gasteiger partial charge in [0.25, 0.3) is 0 Å². The summed E-state index contributed by atoms with van der Waals surface area (Å²) in [6.45, 7) is 6.51. The van der Waals surface area contributed by atoms with E-state index in [2.05, 4.69) is 38.2 Å². The van der Waals surface area contributed by atoms with Crippen LogP contribution < -0.4 is 5.32 Å². The Morgan fingerprint density at radius 2 is 0.774 bits per heavy atom. The molecular formula is C56H109NO5. The van der Waals surface area contributed by atoms with E-state index < -0.39 is 18.2 Å². The number of rotatable bonds is 51. The number of unbranched alkanes of at least 4 members (excludes halogenated alkanes) is 37. The number of carbonyl (C=O) groups is 2. The van der Waals surface area contributed by atoms with Crippen LogP contribution in [-0.2, 0) is 14.3 Å². The molecule has 0 aliphatic heterocycles. The second-order valence-corrected chi connectivity index (χ2v) is 19.3. The predicted octanol–water partition coefficient (Wildman–Crippen LogP) is 16.9. The minimum absolute atomic E-state index is 0.0832.